The number of unbranched alkanes of at least 4 members (excludes halogenated alkanes) is 18. The van der Waals surface area contributed by atoms with Crippen LogP contribution in [0.15, 0.2) is 146 Å². The maximum atomic E-state index is 12.9. The van der Waals surface area contributed by atoms with E-state index in [1.165, 1.54) is 64.2 Å². The van der Waals surface area contributed by atoms with Crippen LogP contribution in [0.1, 0.15) is 252 Å². The maximum Gasteiger partial charge on any atom is 0.306 e. The van der Waals surface area contributed by atoms with Gasteiger partial charge in [-0.1, -0.05) is 237 Å². The number of hydrogen-bond donors (Lipinski definition) is 0. The standard InChI is InChI=1S/C69H110O6/c1-4-7-10-13-16-19-22-25-27-29-31-33-34-36-37-39-41-44-47-50-53-56-59-62-68(71)74-65-66(64-73-67(70)61-58-55-52-49-46-43-24-21-18-15-12-9-6-3)75-69(72)63-60-57-54-51-48-45-42-40-38-35-32-30-28-26-23-20-17-14-11-8-5-2/h7-8,10-11,16-17,19-21,24-28,31-33,35-37,40,42,48,51,66H,4-6,9,12-15,18,22-23,29-30,34,38-39,41,43-47,49-50,52-65H2,1-3H3/b10-7-,11-8-,19-16-,20-17-,24-21-,27-25-,28-26-,33-31-,35-32-,37-36-,42-40-,51-48-. The van der Waals surface area contributed by atoms with Crippen LogP contribution in [0, 0.1) is 0 Å². The van der Waals surface area contributed by atoms with Gasteiger partial charge in [0.2, 0.25) is 0 Å². The highest BCUT2D eigenvalue weighted by Gasteiger charge is 2.19. The summed E-state index contributed by atoms with van der Waals surface area (Å²) < 4.78 is 16.8. The van der Waals surface area contributed by atoms with Crippen molar-refractivity contribution >= 4 is 17.9 Å². The van der Waals surface area contributed by atoms with E-state index in [0.717, 1.165) is 141 Å². The summed E-state index contributed by atoms with van der Waals surface area (Å²) in [6.45, 7) is 6.34. The van der Waals surface area contributed by atoms with E-state index in [2.05, 4.69) is 167 Å². The molecule has 75 heavy (non-hydrogen) atoms. The van der Waals surface area contributed by atoms with Crippen molar-refractivity contribution in [1.29, 1.82) is 0 Å². The predicted molar refractivity (Wildman–Crippen MR) is 325 cm³/mol. The third-order valence-corrected chi connectivity index (χ3v) is 12.3. The molecule has 0 aromatic rings. The Balaban J connectivity index is 4.49. The molecule has 0 spiro atoms. The summed E-state index contributed by atoms with van der Waals surface area (Å²) >= 11 is 0. The van der Waals surface area contributed by atoms with E-state index in [4.69, 9.17) is 14.2 Å². The van der Waals surface area contributed by atoms with Crippen molar-refractivity contribution in [3.8, 4) is 0 Å². The fraction of sp³-hybridized carbons (Fsp3) is 0.609. The molecule has 0 aliphatic rings. The van der Waals surface area contributed by atoms with Gasteiger partial charge in [0.1, 0.15) is 13.2 Å². The number of esters is 3. The van der Waals surface area contributed by atoms with Gasteiger partial charge in [-0.15, -0.1) is 0 Å². The minimum absolute atomic E-state index is 0.109. The number of carbonyl (C=O) groups excluding carboxylic acids is 3. The van der Waals surface area contributed by atoms with Crippen LogP contribution in [0.3, 0.4) is 0 Å². The Bertz CT molecular complexity index is 1660. The molecule has 0 amide bonds. The molecule has 0 rings (SSSR count). The van der Waals surface area contributed by atoms with Crippen molar-refractivity contribution in [3.05, 3.63) is 146 Å². The van der Waals surface area contributed by atoms with Gasteiger partial charge in [-0.3, -0.25) is 14.4 Å². The van der Waals surface area contributed by atoms with Crippen LogP contribution >= 0.6 is 0 Å². The largest absolute Gasteiger partial charge is 0.462 e. The lowest BCUT2D eigenvalue weighted by molar-refractivity contribution is -0.167. The topological polar surface area (TPSA) is 78.9 Å². The molecule has 0 aromatic carbocycles. The van der Waals surface area contributed by atoms with Crippen LogP contribution in [0.5, 0.6) is 0 Å². The lowest BCUT2D eigenvalue weighted by Crippen LogP contribution is -2.30. The van der Waals surface area contributed by atoms with E-state index in [1.807, 2.05) is 0 Å². The summed E-state index contributed by atoms with van der Waals surface area (Å²) in [4.78, 5) is 38.2. The molecule has 6 nitrogen and oxygen atoms in total. The third kappa shape index (κ3) is 60.0. The Morgan fingerprint density at radius 1 is 0.280 bits per heavy atom. The molecule has 6 heteroatoms. The summed E-state index contributed by atoms with van der Waals surface area (Å²) in [5.74, 6) is -0.976. The first kappa shape index (κ1) is 70.3. The molecule has 0 bridgehead atoms. The maximum absolute atomic E-state index is 12.9. The first-order valence-corrected chi connectivity index (χ1v) is 30.3. The van der Waals surface area contributed by atoms with E-state index < -0.39 is 6.10 Å². The highest BCUT2D eigenvalue weighted by atomic mass is 16.6. The van der Waals surface area contributed by atoms with Crippen molar-refractivity contribution in [1.82, 2.24) is 0 Å². The van der Waals surface area contributed by atoms with Crippen LogP contribution < -0.4 is 0 Å². The molecule has 0 heterocycles. The monoisotopic (exact) mass is 1030 g/mol. The van der Waals surface area contributed by atoms with Crippen molar-refractivity contribution in [3.63, 3.8) is 0 Å². The molecule has 1 atom stereocenters. The average molecular weight is 1040 g/mol. The van der Waals surface area contributed by atoms with E-state index in [9.17, 15) is 14.4 Å². The lowest BCUT2D eigenvalue weighted by Gasteiger charge is -2.18. The van der Waals surface area contributed by atoms with Crippen LogP contribution in [0.4, 0.5) is 0 Å². The fourth-order valence-electron chi connectivity index (χ4n) is 7.82. The van der Waals surface area contributed by atoms with Gasteiger partial charge in [-0.2, -0.15) is 0 Å². The highest BCUT2D eigenvalue weighted by Crippen LogP contribution is 2.13. The van der Waals surface area contributed by atoms with Crippen molar-refractivity contribution in [2.75, 3.05) is 13.2 Å². The van der Waals surface area contributed by atoms with Crippen molar-refractivity contribution < 1.29 is 28.6 Å². The minimum atomic E-state index is -0.817. The van der Waals surface area contributed by atoms with Gasteiger partial charge in [0.25, 0.3) is 0 Å². The molecule has 0 aromatic heterocycles. The molecule has 0 aliphatic carbocycles. The number of carbonyl (C=O) groups is 3. The van der Waals surface area contributed by atoms with Gasteiger partial charge in [0, 0.05) is 19.3 Å². The second kappa shape index (κ2) is 61.8. The van der Waals surface area contributed by atoms with E-state index in [0.29, 0.717) is 19.3 Å². The first-order chi connectivity index (χ1) is 37.0. The SMILES string of the molecule is CC/C=C\C/C=C\C/C=C\C/C=C\C/C=C\C/C=C\CCCCC(=O)OC(COC(=O)CCCCCCC/C=C\CCCCCC)COC(=O)CCCCCCCCC/C=C\C/C=C\C/C=C\C/C=C\C/C=C\CC. The molecular weight excluding hydrogens is 925 g/mol. The van der Waals surface area contributed by atoms with Gasteiger partial charge in [-0.05, 0) is 141 Å². The van der Waals surface area contributed by atoms with Gasteiger partial charge in [0.15, 0.2) is 6.10 Å². The van der Waals surface area contributed by atoms with E-state index >= 15 is 0 Å². The van der Waals surface area contributed by atoms with Crippen molar-refractivity contribution in [2.45, 2.75) is 258 Å². The second-order valence-electron chi connectivity index (χ2n) is 19.5. The van der Waals surface area contributed by atoms with Crippen LogP contribution in [0.25, 0.3) is 0 Å². The molecule has 422 valence electrons. The minimum Gasteiger partial charge on any atom is -0.462 e. The highest BCUT2D eigenvalue weighted by molar-refractivity contribution is 5.71. The van der Waals surface area contributed by atoms with Crippen LogP contribution in [0.2, 0.25) is 0 Å². The summed E-state index contributed by atoms with van der Waals surface area (Å²) in [6.07, 6.45) is 88.4. The molecule has 0 fully saturated rings. The molecule has 1 unspecified atom stereocenters. The zero-order valence-electron chi connectivity index (χ0n) is 48.3. The summed E-state index contributed by atoms with van der Waals surface area (Å²) in [5, 5.41) is 0. The van der Waals surface area contributed by atoms with E-state index in [-0.39, 0.29) is 37.5 Å². The number of allylic oxidation sites excluding steroid dienone is 24. The first-order valence-electron chi connectivity index (χ1n) is 30.3. The summed E-state index contributed by atoms with van der Waals surface area (Å²) in [7, 11) is 0. The number of rotatable bonds is 53. The molecule has 0 radical (unpaired) electrons. The molecular formula is C69H110O6. The summed E-state index contributed by atoms with van der Waals surface area (Å²) in [5.41, 5.74) is 0. The van der Waals surface area contributed by atoms with Gasteiger partial charge in [0.05, 0.1) is 0 Å². The normalized spacial score (nSPS) is 13.2. The van der Waals surface area contributed by atoms with Gasteiger partial charge >= 0.3 is 17.9 Å². The zero-order valence-corrected chi connectivity index (χ0v) is 48.3. The fourth-order valence-corrected chi connectivity index (χ4v) is 7.82. The third-order valence-electron chi connectivity index (χ3n) is 12.3. The Hall–Kier alpha value is -4.71. The second-order valence-corrected chi connectivity index (χ2v) is 19.5. The van der Waals surface area contributed by atoms with Crippen LogP contribution in [-0.4, -0.2) is 37.2 Å². The van der Waals surface area contributed by atoms with Gasteiger partial charge < -0.3 is 14.2 Å². The summed E-state index contributed by atoms with van der Waals surface area (Å²) in [6, 6.07) is 0. The quantitative estimate of drug-likeness (QED) is 0.0261. The van der Waals surface area contributed by atoms with Crippen molar-refractivity contribution in [2.24, 2.45) is 0 Å². The zero-order chi connectivity index (χ0) is 54.3. The lowest BCUT2D eigenvalue weighted by atomic mass is 10.1. The predicted octanol–water partition coefficient (Wildman–Crippen LogP) is 20.8. The number of ether oxygens (including phenoxy) is 3. The number of hydrogen-bond acceptors (Lipinski definition) is 6. The average Bonchev–Trinajstić information content (AvgIpc) is 3.41. The Morgan fingerprint density at radius 3 is 0.853 bits per heavy atom. The Kier molecular flexibility index (Phi) is 58.0. The Labute approximate surface area is 461 Å². The molecule has 0 N–H and O–H groups in total. The molecule has 0 saturated heterocycles. The Morgan fingerprint density at radius 2 is 0.520 bits per heavy atom. The van der Waals surface area contributed by atoms with E-state index in [1.54, 1.807) is 0 Å². The van der Waals surface area contributed by atoms with Crippen LogP contribution in [-0.2, 0) is 28.6 Å². The van der Waals surface area contributed by atoms with Gasteiger partial charge in [-0.25, -0.2) is 0 Å². The smallest absolute Gasteiger partial charge is 0.306 e. The molecule has 0 aliphatic heterocycles. The molecule has 0 saturated carbocycles.